The van der Waals surface area contributed by atoms with Crippen LogP contribution in [0.5, 0.6) is 0 Å². The molecule has 1 amide bonds. The van der Waals surface area contributed by atoms with E-state index in [1.807, 2.05) is 49.3 Å². The van der Waals surface area contributed by atoms with E-state index in [1.165, 1.54) is 0 Å². The van der Waals surface area contributed by atoms with Crippen molar-refractivity contribution >= 4 is 34.6 Å². The molecule has 4 nitrogen and oxygen atoms in total. The lowest BCUT2D eigenvalue weighted by Crippen LogP contribution is -2.09. The molecule has 0 aromatic heterocycles. The molecule has 1 aliphatic rings. The number of hydrogen-bond acceptors (Lipinski definition) is 4. The number of benzene rings is 1. The number of amides is 1. The highest BCUT2D eigenvalue weighted by molar-refractivity contribution is 8.18. The van der Waals surface area contributed by atoms with Gasteiger partial charge in [-0.05, 0) is 35.5 Å². The van der Waals surface area contributed by atoms with Crippen molar-refractivity contribution in [1.82, 2.24) is 0 Å². The molecular formula is C12H13N3OS. The van der Waals surface area contributed by atoms with E-state index in [1.54, 1.807) is 0 Å². The second-order valence-corrected chi connectivity index (χ2v) is 4.85. The van der Waals surface area contributed by atoms with Crippen LogP contribution in [0.25, 0.3) is 6.08 Å². The molecule has 1 heterocycles. The van der Waals surface area contributed by atoms with Crippen LogP contribution >= 0.6 is 11.8 Å². The minimum Gasteiger partial charge on any atom is -0.383 e. The molecule has 17 heavy (non-hydrogen) atoms. The Balaban J connectivity index is 2.22. The van der Waals surface area contributed by atoms with Crippen molar-refractivity contribution in [3.05, 3.63) is 34.7 Å². The van der Waals surface area contributed by atoms with Gasteiger partial charge in [-0.1, -0.05) is 12.1 Å². The maximum Gasteiger partial charge on any atom is 0.311 e. The van der Waals surface area contributed by atoms with Crippen LogP contribution in [0.1, 0.15) is 5.56 Å². The molecule has 5 heteroatoms. The van der Waals surface area contributed by atoms with E-state index in [0.717, 1.165) is 23.0 Å². The molecule has 0 unspecified atom stereocenters. The van der Waals surface area contributed by atoms with Crippen LogP contribution in [0.4, 0.5) is 10.5 Å². The quantitative estimate of drug-likeness (QED) is 0.871. The number of amidine groups is 1. The molecule has 2 rings (SSSR count). The Morgan fingerprint density at radius 3 is 2.41 bits per heavy atom. The Kier molecular flexibility index (Phi) is 3.19. The lowest BCUT2D eigenvalue weighted by molar-refractivity contribution is 0.268. The molecule has 1 aromatic rings. The zero-order valence-corrected chi connectivity index (χ0v) is 10.5. The van der Waals surface area contributed by atoms with E-state index >= 15 is 0 Å². The second kappa shape index (κ2) is 4.63. The number of thioether (sulfide) groups is 1. The third-order valence-corrected chi connectivity index (χ3v) is 3.18. The van der Waals surface area contributed by atoms with Crippen molar-refractivity contribution < 1.29 is 4.79 Å². The van der Waals surface area contributed by atoms with Crippen molar-refractivity contribution in [3.63, 3.8) is 0 Å². The summed E-state index contributed by atoms with van der Waals surface area (Å²) in [7, 11) is 3.98. The summed E-state index contributed by atoms with van der Waals surface area (Å²) in [5, 5.41) is -0.251. The summed E-state index contributed by atoms with van der Waals surface area (Å²) in [6, 6.07) is 8.00. The van der Waals surface area contributed by atoms with Crippen molar-refractivity contribution in [1.29, 1.82) is 0 Å². The highest BCUT2D eigenvalue weighted by atomic mass is 32.2. The van der Waals surface area contributed by atoms with Crippen LogP contribution in [0.15, 0.2) is 34.2 Å². The molecule has 1 aromatic carbocycles. The molecule has 0 fully saturated rings. The number of aliphatic imine (C=N–C) groups is 1. The molecule has 0 radical (unpaired) electrons. The third kappa shape index (κ3) is 2.68. The van der Waals surface area contributed by atoms with Gasteiger partial charge in [0.2, 0.25) is 0 Å². The fourth-order valence-electron chi connectivity index (χ4n) is 1.45. The molecule has 0 atom stereocenters. The summed E-state index contributed by atoms with van der Waals surface area (Å²) in [4.78, 5) is 17.4. The van der Waals surface area contributed by atoms with Gasteiger partial charge >= 0.3 is 5.24 Å². The predicted molar refractivity (Wildman–Crippen MR) is 73.4 cm³/mol. The minimum atomic E-state index is -0.251. The monoisotopic (exact) mass is 247 g/mol. The Morgan fingerprint density at radius 2 is 1.94 bits per heavy atom. The van der Waals surface area contributed by atoms with Crippen molar-refractivity contribution in [2.75, 3.05) is 19.0 Å². The number of carbonyl (C=O) groups excluding carboxylic acids is 1. The molecular weight excluding hydrogens is 234 g/mol. The predicted octanol–water partition coefficient (Wildman–Crippen LogP) is 2.32. The van der Waals surface area contributed by atoms with Crippen LogP contribution in [0.2, 0.25) is 0 Å². The van der Waals surface area contributed by atoms with Crippen LogP contribution in [-0.2, 0) is 0 Å². The first-order chi connectivity index (χ1) is 8.06. The molecule has 0 spiro atoms. The van der Waals surface area contributed by atoms with Gasteiger partial charge in [0.05, 0.1) is 4.91 Å². The van der Waals surface area contributed by atoms with E-state index in [2.05, 4.69) is 4.99 Å². The standard InChI is InChI=1S/C12H13N3OS/c1-15(2)9-5-3-8(4-6-9)7-10-11(13)14-12(16)17-10/h3-7H,1-2H3,(H2,13,14,16)/b10-7-. The van der Waals surface area contributed by atoms with E-state index in [9.17, 15) is 4.79 Å². The van der Waals surface area contributed by atoms with Gasteiger partial charge in [0.25, 0.3) is 0 Å². The topological polar surface area (TPSA) is 58.7 Å². The number of anilines is 1. The first-order valence-corrected chi connectivity index (χ1v) is 5.93. The van der Waals surface area contributed by atoms with Crippen LogP contribution < -0.4 is 10.6 Å². The molecule has 0 saturated carbocycles. The zero-order valence-electron chi connectivity index (χ0n) is 9.68. The van der Waals surface area contributed by atoms with Crippen LogP contribution in [0.3, 0.4) is 0 Å². The lowest BCUT2D eigenvalue weighted by atomic mass is 10.2. The molecule has 0 aliphatic carbocycles. The Hall–Kier alpha value is -1.75. The second-order valence-electron chi connectivity index (χ2n) is 3.86. The largest absolute Gasteiger partial charge is 0.383 e. The molecule has 0 bridgehead atoms. The van der Waals surface area contributed by atoms with Crippen molar-refractivity contribution in [2.24, 2.45) is 10.7 Å². The smallest absolute Gasteiger partial charge is 0.311 e. The number of rotatable bonds is 2. The molecule has 0 saturated heterocycles. The average molecular weight is 247 g/mol. The van der Waals surface area contributed by atoms with Gasteiger partial charge in [0.15, 0.2) is 0 Å². The molecule has 2 N–H and O–H groups in total. The zero-order chi connectivity index (χ0) is 12.4. The van der Waals surface area contributed by atoms with E-state index < -0.39 is 0 Å². The summed E-state index contributed by atoms with van der Waals surface area (Å²) < 4.78 is 0. The third-order valence-electron chi connectivity index (χ3n) is 2.37. The first-order valence-electron chi connectivity index (χ1n) is 5.12. The number of nitrogens with two attached hydrogens (primary N) is 1. The van der Waals surface area contributed by atoms with Crippen LogP contribution in [0, 0.1) is 0 Å². The SMILES string of the molecule is CN(C)c1ccc(/C=C2\SC(=O)N=C2N)cc1. The Morgan fingerprint density at radius 1 is 1.29 bits per heavy atom. The summed E-state index contributed by atoms with van der Waals surface area (Å²) in [5.74, 6) is 0.302. The summed E-state index contributed by atoms with van der Waals surface area (Å²) in [6.07, 6.45) is 1.87. The maximum absolute atomic E-state index is 11.0. The summed E-state index contributed by atoms with van der Waals surface area (Å²) >= 11 is 1.06. The summed E-state index contributed by atoms with van der Waals surface area (Å²) in [6.45, 7) is 0. The number of carbonyl (C=O) groups is 1. The molecule has 1 aliphatic heterocycles. The normalized spacial score (nSPS) is 17.4. The first kappa shape index (κ1) is 11.7. The van der Waals surface area contributed by atoms with E-state index in [4.69, 9.17) is 5.73 Å². The van der Waals surface area contributed by atoms with Crippen molar-refractivity contribution in [2.45, 2.75) is 0 Å². The average Bonchev–Trinajstić information content (AvgIpc) is 2.58. The van der Waals surface area contributed by atoms with Gasteiger partial charge in [0, 0.05) is 19.8 Å². The fraction of sp³-hybridized carbons (Fsp3) is 0.167. The van der Waals surface area contributed by atoms with E-state index in [0.29, 0.717) is 10.7 Å². The number of hydrogen-bond donors (Lipinski definition) is 1. The fourth-order valence-corrected chi connectivity index (χ4v) is 2.12. The van der Waals surface area contributed by atoms with Gasteiger partial charge in [-0.2, -0.15) is 4.99 Å². The van der Waals surface area contributed by atoms with E-state index in [-0.39, 0.29) is 5.24 Å². The maximum atomic E-state index is 11.0. The number of nitrogens with zero attached hydrogens (tertiary/aromatic N) is 2. The Bertz CT molecular complexity index is 503. The highest BCUT2D eigenvalue weighted by Crippen LogP contribution is 2.27. The lowest BCUT2D eigenvalue weighted by Gasteiger charge is -2.11. The highest BCUT2D eigenvalue weighted by Gasteiger charge is 2.18. The van der Waals surface area contributed by atoms with Crippen molar-refractivity contribution in [3.8, 4) is 0 Å². The van der Waals surface area contributed by atoms with Gasteiger partial charge < -0.3 is 10.6 Å². The van der Waals surface area contributed by atoms with Gasteiger partial charge in [-0.25, -0.2) is 0 Å². The van der Waals surface area contributed by atoms with Gasteiger partial charge in [-0.3, -0.25) is 4.79 Å². The van der Waals surface area contributed by atoms with Gasteiger partial charge in [0.1, 0.15) is 5.84 Å². The van der Waals surface area contributed by atoms with Crippen LogP contribution in [-0.4, -0.2) is 25.2 Å². The minimum absolute atomic E-state index is 0.251. The molecule has 88 valence electrons. The summed E-state index contributed by atoms with van der Waals surface area (Å²) in [5.41, 5.74) is 7.76. The Labute approximate surface area is 104 Å². The van der Waals surface area contributed by atoms with Gasteiger partial charge in [-0.15, -0.1) is 0 Å².